The van der Waals surface area contributed by atoms with Crippen LogP contribution in [0, 0.1) is 6.92 Å². The van der Waals surface area contributed by atoms with Gasteiger partial charge in [0.15, 0.2) is 0 Å². The molecule has 0 aliphatic carbocycles. The Hall–Kier alpha value is -2.49. The molecule has 0 atom stereocenters. The number of rotatable bonds is 5. The largest absolute Gasteiger partial charge is 0.494 e. The molecule has 0 bridgehead atoms. The zero-order chi connectivity index (χ0) is 14.5. The van der Waals surface area contributed by atoms with Gasteiger partial charge in [-0.05, 0) is 55.3 Å². The van der Waals surface area contributed by atoms with Crippen molar-refractivity contribution in [2.75, 3.05) is 6.61 Å². The number of hydrogen-bond acceptors (Lipinski definition) is 3. The molecule has 0 saturated carbocycles. The fraction of sp³-hybridized carbons (Fsp3) is 0.188. The summed E-state index contributed by atoms with van der Waals surface area (Å²) in [7, 11) is 0. The molecule has 1 N–H and O–H groups in total. The van der Waals surface area contributed by atoms with Crippen LogP contribution in [0.25, 0.3) is 11.6 Å². The van der Waals surface area contributed by atoms with Crippen molar-refractivity contribution in [2.24, 2.45) is 0 Å². The van der Waals surface area contributed by atoms with Crippen LogP contribution in [0.15, 0.2) is 41.0 Å². The van der Waals surface area contributed by atoms with E-state index in [1.807, 2.05) is 19.9 Å². The topological polar surface area (TPSA) is 59.7 Å². The summed E-state index contributed by atoms with van der Waals surface area (Å²) in [6.45, 7) is 4.34. The minimum absolute atomic E-state index is 0.195. The van der Waals surface area contributed by atoms with Crippen LogP contribution in [0.1, 0.15) is 23.8 Å². The smallest absolute Gasteiger partial charge is 0.336 e. The SMILES string of the molecule is CCOc1ccc(/C(=C/c2ccco2)C(=O)O)c(C)c1. The molecule has 0 fully saturated rings. The van der Waals surface area contributed by atoms with E-state index in [0.29, 0.717) is 17.9 Å². The summed E-state index contributed by atoms with van der Waals surface area (Å²) >= 11 is 0. The van der Waals surface area contributed by atoms with E-state index in [1.165, 1.54) is 12.3 Å². The number of carboxylic acids is 1. The Morgan fingerprint density at radius 1 is 1.40 bits per heavy atom. The third-order valence-corrected chi connectivity index (χ3v) is 2.86. The second-order valence-corrected chi connectivity index (χ2v) is 4.29. The van der Waals surface area contributed by atoms with E-state index >= 15 is 0 Å². The van der Waals surface area contributed by atoms with E-state index in [-0.39, 0.29) is 5.57 Å². The highest BCUT2D eigenvalue weighted by molar-refractivity contribution is 6.20. The molecular formula is C16H16O4. The van der Waals surface area contributed by atoms with E-state index in [4.69, 9.17) is 9.15 Å². The predicted molar refractivity (Wildman–Crippen MR) is 76.6 cm³/mol. The van der Waals surface area contributed by atoms with E-state index in [0.717, 1.165) is 11.3 Å². The van der Waals surface area contributed by atoms with Crippen molar-refractivity contribution in [3.63, 3.8) is 0 Å². The fourth-order valence-corrected chi connectivity index (χ4v) is 1.97. The number of ether oxygens (including phenoxy) is 1. The van der Waals surface area contributed by atoms with Gasteiger partial charge in [0.25, 0.3) is 0 Å². The zero-order valence-corrected chi connectivity index (χ0v) is 11.4. The molecule has 104 valence electrons. The second-order valence-electron chi connectivity index (χ2n) is 4.29. The molecule has 0 amide bonds. The lowest BCUT2D eigenvalue weighted by Gasteiger charge is -2.09. The first-order valence-corrected chi connectivity index (χ1v) is 6.34. The zero-order valence-electron chi connectivity index (χ0n) is 11.4. The Bertz CT molecular complexity index is 624. The summed E-state index contributed by atoms with van der Waals surface area (Å²) in [4.78, 5) is 11.4. The van der Waals surface area contributed by atoms with Gasteiger partial charge in [0.05, 0.1) is 18.4 Å². The lowest BCUT2D eigenvalue weighted by Crippen LogP contribution is -2.02. The highest BCUT2D eigenvalue weighted by atomic mass is 16.5. The molecule has 2 rings (SSSR count). The maximum atomic E-state index is 11.4. The normalized spacial score (nSPS) is 11.4. The summed E-state index contributed by atoms with van der Waals surface area (Å²) < 4.78 is 10.6. The summed E-state index contributed by atoms with van der Waals surface area (Å²) in [5.74, 6) is 0.251. The molecule has 0 unspecified atom stereocenters. The third-order valence-electron chi connectivity index (χ3n) is 2.86. The van der Waals surface area contributed by atoms with E-state index in [1.54, 1.807) is 24.3 Å². The summed E-state index contributed by atoms with van der Waals surface area (Å²) in [6, 6.07) is 8.79. The van der Waals surface area contributed by atoms with Crippen LogP contribution >= 0.6 is 0 Å². The molecular weight excluding hydrogens is 256 g/mol. The Morgan fingerprint density at radius 2 is 2.20 bits per heavy atom. The quantitative estimate of drug-likeness (QED) is 0.845. The number of benzene rings is 1. The van der Waals surface area contributed by atoms with Crippen molar-refractivity contribution in [3.05, 3.63) is 53.5 Å². The number of carbonyl (C=O) groups is 1. The second kappa shape index (κ2) is 6.10. The number of carboxylic acid groups (broad SMARTS) is 1. The average Bonchev–Trinajstić information content (AvgIpc) is 2.90. The van der Waals surface area contributed by atoms with Crippen LogP contribution in [-0.2, 0) is 4.79 Å². The molecule has 4 heteroatoms. The molecule has 1 aromatic heterocycles. The van der Waals surface area contributed by atoms with Gasteiger partial charge in [0, 0.05) is 0 Å². The molecule has 2 aromatic rings. The summed E-state index contributed by atoms with van der Waals surface area (Å²) in [5, 5.41) is 9.38. The van der Waals surface area contributed by atoms with E-state index < -0.39 is 5.97 Å². The molecule has 1 aromatic carbocycles. The first-order valence-electron chi connectivity index (χ1n) is 6.34. The van der Waals surface area contributed by atoms with Crippen molar-refractivity contribution in [1.82, 2.24) is 0 Å². The lowest BCUT2D eigenvalue weighted by molar-refractivity contribution is -0.130. The summed E-state index contributed by atoms with van der Waals surface area (Å²) in [5.41, 5.74) is 1.69. The van der Waals surface area contributed by atoms with Gasteiger partial charge >= 0.3 is 5.97 Å². The maximum Gasteiger partial charge on any atom is 0.336 e. The molecule has 0 radical (unpaired) electrons. The van der Waals surface area contributed by atoms with Crippen LogP contribution < -0.4 is 4.74 Å². The highest BCUT2D eigenvalue weighted by Crippen LogP contribution is 2.25. The van der Waals surface area contributed by atoms with Gasteiger partial charge in [-0.3, -0.25) is 0 Å². The minimum atomic E-state index is -0.992. The fourth-order valence-electron chi connectivity index (χ4n) is 1.97. The van der Waals surface area contributed by atoms with Gasteiger partial charge in [0.1, 0.15) is 11.5 Å². The third kappa shape index (κ3) is 3.09. The van der Waals surface area contributed by atoms with Gasteiger partial charge in [-0.1, -0.05) is 6.07 Å². The molecule has 1 heterocycles. The van der Waals surface area contributed by atoms with Crippen LogP contribution in [-0.4, -0.2) is 17.7 Å². The Morgan fingerprint density at radius 3 is 2.75 bits per heavy atom. The van der Waals surface area contributed by atoms with Gasteiger partial charge in [-0.15, -0.1) is 0 Å². The molecule has 0 aliphatic heterocycles. The van der Waals surface area contributed by atoms with Gasteiger partial charge in [-0.25, -0.2) is 4.79 Å². The van der Waals surface area contributed by atoms with Crippen molar-refractivity contribution >= 4 is 17.6 Å². The van der Waals surface area contributed by atoms with Crippen LogP contribution in [0.5, 0.6) is 5.75 Å². The van der Waals surface area contributed by atoms with E-state index in [2.05, 4.69) is 0 Å². The van der Waals surface area contributed by atoms with Gasteiger partial charge < -0.3 is 14.3 Å². The van der Waals surface area contributed by atoms with Crippen molar-refractivity contribution < 1.29 is 19.1 Å². The molecule has 0 spiro atoms. The Kier molecular flexibility index (Phi) is 4.25. The minimum Gasteiger partial charge on any atom is -0.494 e. The van der Waals surface area contributed by atoms with Crippen molar-refractivity contribution in [3.8, 4) is 5.75 Å². The predicted octanol–water partition coefficient (Wildman–Crippen LogP) is 3.61. The van der Waals surface area contributed by atoms with Crippen molar-refractivity contribution in [1.29, 1.82) is 0 Å². The van der Waals surface area contributed by atoms with Crippen molar-refractivity contribution in [2.45, 2.75) is 13.8 Å². The van der Waals surface area contributed by atoms with E-state index in [9.17, 15) is 9.90 Å². The van der Waals surface area contributed by atoms with Gasteiger partial charge in [0.2, 0.25) is 0 Å². The average molecular weight is 272 g/mol. The van der Waals surface area contributed by atoms with Crippen LogP contribution in [0.4, 0.5) is 0 Å². The Labute approximate surface area is 117 Å². The van der Waals surface area contributed by atoms with Gasteiger partial charge in [-0.2, -0.15) is 0 Å². The Balaban J connectivity index is 2.43. The van der Waals surface area contributed by atoms with Crippen LogP contribution in [0.3, 0.4) is 0 Å². The number of aryl methyl sites for hydroxylation is 1. The first kappa shape index (κ1) is 13.9. The molecule has 20 heavy (non-hydrogen) atoms. The maximum absolute atomic E-state index is 11.4. The molecule has 0 aliphatic rings. The number of hydrogen-bond donors (Lipinski definition) is 1. The number of furan rings is 1. The summed E-state index contributed by atoms with van der Waals surface area (Å²) in [6.07, 6.45) is 3.03. The molecule has 4 nitrogen and oxygen atoms in total. The standard InChI is InChI=1S/C16H16O4/c1-3-19-13-6-7-14(11(2)9-13)15(16(17)18)10-12-5-4-8-20-12/h4-10H,3H2,1-2H3,(H,17,18)/b15-10-. The monoisotopic (exact) mass is 272 g/mol. The molecule has 0 saturated heterocycles. The lowest BCUT2D eigenvalue weighted by atomic mass is 9.99. The van der Waals surface area contributed by atoms with Crippen LogP contribution in [0.2, 0.25) is 0 Å². The first-order chi connectivity index (χ1) is 9.61. The number of aliphatic carboxylic acids is 1. The highest BCUT2D eigenvalue weighted by Gasteiger charge is 2.14.